The van der Waals surface area contributed by atoms with E-state index in [1.165, 1.54) is 0 Å². The lowest BCUT2D eigenvalue weighted by atomic mass is 9.94. The van der Waals surface area contributed by atoms with Gasteiger partial charge in [0.05, 0.1) is 17.5 Å². The van der Waals surface area contributed by atoms with Crippen LogP contribution in [0.1, 0.15) is 28.0 Å². The number of anilines is 1. The Kier molecular flexibility index (Phi) is 4.50. The number of nitrogens with one attached hydrogen (secondary N) is 1. The minimum atomic E-state index is -0.430. The zero-order chi connectivity index (χ0) is 17.1. The first-order chi connectivity index (χ1) is 11.5. The lowest BCUT2D eigenvalue weighted by molar-refractivity contribution is 0.0998. The maximum Gasteiger partial charge on any atom is 0.252 e. The van der Waals surface area contributed by atoms with Crippen molar-refractivity contribution in [3.8, 4) is 0 Å². The number of aliphatic imine (C=N–C) groups is 1. The van der Waals surface area contributed by atoms with Gasteiger partial charge in [-0.2, -0.15) is 5.10 Å². The van der Waals surface area contributed by atoms with Gasteiger partial charge in [-0.25, -0.2) is 0 Å². The molecule has 0 bridgehead atoms. The van der Waals surface area contributed by atoms with Crippen molar-refractivity contribution in [2.45, 2.75) is 26.3 Å². The van der Waals surface area contributed by atoms with Crippen LogP contribution in [0.25, 0.3) is 0 Å². The minimum absolute atomic E-state index is 0.324. The predicted molar refractivity (Wildman–Crippen MR) is 93.8 cm³/mol. The molecule has 3 rings (SSSR count). The fourth-order valence-corrected chi connectivity index (χ4v) is 3.00. The Morgan fingerprint density at radius 3 is 3.04 bits per heavy atom. The average Bonchev–Trinajstić information content (AvgIpc) is 2.96. The maximum atomic E-state index is 11.4. The summed E-state index contributed by atoms with van der Waals surface area (Å²) in [5, 5.41) is 7.32. The van der Waals surface area contributed by atoms with Crippen molar-refractivity contribution in [2.75, 3.05) is 11.9 Å². The van der Waals surface area contributed by atoms with Crippen LogP contribution in [-0.2, 0) is 13.0 Å². The lowest BCUT2D eigenvalue weighted by Gasteiger charge is -2.22. The Bertz CT molecular complexity index is 779. The van der Waals surface area contributed by atoms with Gasteiger partial charge in [0.2, 0.25) is 0 Å². The molecule has 1 aliphatic heterocycles. The second kappa shape index (κ2) is 6.74. The number of hydrogen-bond acceptors (Lipinski definition) is 3. The Balaban J connectivity index is 1.62. The van der Waals surface area contributed by atoms with E-state index in [2.05, 4.69) is 15.4 Å². The third kappa shape index (κ3) is 3.56. The van der Waals surface area contributed by atoms with Gasteiger partial charge in [0, 0.05) is 18.8 Å². The van der Waals surface area contributed by atoms with Gasteiger partial charge in [-0.15, -0.1) is 0 Å². The van der Waals surface area contributed by atoms with Gasteiger partial charge in [0.25, 0.3) is 5.91 Å². The smallest absolute Gasteiger partial charge is 0.252 e. The summed E-state index contributed by atoms with van der Waals surface area (Å²) in [6, 6.07) is 7.97. The van der Waals surface area contributed by atoms with E-state index in [0.717, 1.165) is 36.3 Å². The Morgan fingerprint density at radius 1 is 1.46 bits per heavy atom. The second-order valence-corrected chi connectivity index (χ2v) is 6.17. The minimum Gasteiger partial charge on any atom is -0.370 e. The van der Waals surface area contributed by atoms with Crippen LogP contribution in [0.15, 0.2) is 35.5 Å². The largest absolute Gasteiger partial charge is 0.370 e. The summed E-state index contributed by atoms with van der Waals surface area (Å²) in [5.41, 5.74) is 14.9. The van der Waals surface area contributed by atoms with Crippen molar-refractivity contribution in [3.05, 3.63) is 47.3 Å². The summed E-state index contributed by atoms with van der Waals surface area (Å²) in [7, 11) is 0. The normalized spacial score (nSPS) is 17.4. The van der Waals surface area contributed by atoms with Crippen molar-refractivity contribution < 1.29 is 4.79 Å². The summed E-state index contributed by atoms with van der Waals surface area (Å²) >= 11 is 0. The van der Waals surface area contributed by atoms with Gasteiger partial charge in [0.15, 0.2) is 5.96 Å². The maximum absolute atomic E-state index is 11.4. The number of amides is 1. The molecule has 1 aliphatic rings. The zero-order valence-electron chi connectivity index (χ0n) is 13.7. The number of nitrogens with two attached hydrogens (primary N) is 2. The second-order valence-electron chi connectivity index (χ2n) is 6.17. The molecule has 24 heavy (non-hydrogen) atoms. The highest BCUT2D eigenvalue weighted by Gasteiger charge is 2.24. The third-order valence-electron chi connectivity index (χ3n) is 4.26. The molecular formula is C17H22N6O. The molecule has 5 N–H and O–H groups in total. The van der Waals surface area contributed by atoms with Crippen molar-refractivity contribution >= 4 is 17.6 Å². The number of fused-ring (bicyclic) bond motifs is 1. The van der Waals surface area contributed by atoms with Crippen molar-refractivity contribution in [2.24, 2.45) is 22.4 Å². The fourth-order valence-electron chi connectivity index (χ4n) is 3.00. The SMILES string of the molecule is Cc1cccc(NC(N)=NCC2CCn3ncc(C(N)=O)c3C2)c1. The molecule has 7 nitrogen and oxygen atoms in total. The molecule has 2 heterocycles. The van der Waals surface area contributed by atoms with Crippen LogP contribution in [-0.4, -0.2) is 28.2 Å². The monoisotopic (exact) mass is 326 g/mol. The van der Waals surface area contributed by atoms with Gasteiger partial charge < -0.3 is 16.8 Å². The van der Waals surface area contributed by atoms with Crippen LogP contribution in [0.5, 0.6) is 0 Å². The highest BCUT2D eigenvalue weighted by atomic mass is 16.1. The number of carbonyl (C=O) groups is 1. The van der Waals surface area contributed by atoms with E-state index in [-0.39, 0.29) is 0 Å². The quantitative estimate of drug-likeness (QED) is 0.580. The number of aromatic nitrogens is 2. The molecule has 1 aromatic carbocycles. The summed E-state index contributed by atoms with van der Waals surface area (Å²) < 4.78 is 1.86. The van der Waals surface area contributed by atoms with Crippen molar-refractivity contribution in [3.63, 3.8) is 0 Å². The molecule has 0 aliphatic carbocycles. The van der Waals surface area contributed by atoms with E-state index in [0.29, 0.717) is 24.0 Å². The molecule has 0 radical (unpaired) electrons. The van der Waals surface area contributed by atoms with Crippen LogP contribution < -0.4 is 16.8 Å². The predicted octanol–water partition coefficient (Wildman–Crippen LogP) is 1.28. The first-order valence-corrected chi connectivity index (χ1v) is 8.01. The topological polar surface area (TPSA) is 111 Å². The number of guanidine groups is 1. The van der Waals surface area contributed by atoms with E-state index < -0.39 is 5.91 Å². The molecule has 1 unspecified atom stereocenters. The first kappa shape index (κ1) is 16.0. The summed E-state index contributed by atoms with van der Waals surface area (Å²) in [4.78, 5) is 15.9. The molecule has 0 spiro atoms. The van der Waals surface area contributed by atoms with E-state index in [4.69, 9.17) is 11.5 Å². The first-order valence-electron chi connectivity index (χ1n) is 8.01. The van der Waals surface area contributed by atoms with Crippen molar-refractivity contribution in [1.82, 2.24) is 9.78 Å². The van der Waals surface area contributed by atoms with Crippen molar-refractivity contribution in [1.29, 1.82) is 0 Å². The highest BCUT2D eigenvalue weighted by Crippen LogP contribution is 2.23. The van der Waals surface area contributed by atoms with Crippen LogP contribution >= 0.6 is 0 Å². The van der Waals surface area contributed by atoms with E-state index in [1.54, 1.807) is 6.20 Å². The zero-order valence-corrected chi connectivity index (χ0v) is 13.7. The summed E-state index contributed by atoms with van der Waals surface area (Å²) in [5.74, 6) is 0.293. The Morgan fingerprint density at radius 2 is 2.29 bits per heavy atom. The molecule has 126 valence electrons. The van der Waals surface area contributed by atoms with Gasteiger partial charge >= 0.3 is 0 Å². The van der Waals surface area contributed by atoms with Crippen LogP contribution in [0.3, 0.4) is 0 Å². The van der Waals surface area contributed by atoms with Crippen LogP contribution in [0.2, 0.25) is 0 Å². The lowest BCUT2D eigenvalue weighted by Crippen LogP contribution is -2.27. The number of hydrogen-bond donors (Lipinski definition) is 3. The number of aryl methyl sites for hydroxylation is 2. The number of nitrogens with zero attached hydrogens (tertiary/aromatic N) is 3. The molecule has 0 saturated heterocycles. The molecule has 1 aromatic heterocycles. The molecule has 0 saturated carbocycles. The highest BCUT2D eigenvalue weighted by molar-refractivity contribution is 5.94. The molecule has 7 heteroatoms. The molecule has 0 fully saturated rings. The summed E-state index contributed by atoms with van der Waals surface area (Å²) in [6.07, 6.45) is 3.24. The molecule has 1 atom stereocenters. The van der Waals surface area contributed by atoms with E-state index in [1.807, 2.05) is 35.9 Å². The Hall–Kier alpha value is -2.83. The average molecular weight is 326 g/mol. The number of rotatable bonds is 4. The molecule has 1 amide bonds. The summed E-state index contributed by atoms with van der Waals surface area (Å²) in [6.45, 7) is 3.40. The number of carbonyl (C=O) groups excluding carboxylic acids is 1. The van der Waals surface area contributed by atoms with Gasteiger partial charge in [0.1, 0.15) is 0 Å². The number of benzene rings is 1. The fraction of sp³-hybridized carbons (Fsp3) is 0.353. The molecular weight excluding hydrogens is 304 g/mol. The third-order valence-corrected chi connectivity index (χ3v) is 4.26. The Labute approximate surface area is 140 Å². The van der Waals surface area contributed by atoms with Gasteiger partial charge in [-0.05, 0) is 43.4 Å². The van der Waals surface area contributed by atoms with Gasteiger partial charge in [-0.1, -0.05) is 12.1 Å². The van der Waals surface area contributed by atoms with E-state index in [9.17, 15) is 4.79 Å². The number of primary amides is 1. The van der Waals surface area contributed by atoms with E-state index >= 15 is 0 Å². The van der Waals surface area contributed by atoms with Crippen LogP contribution in [0.4, 0.5) is 5.69 Å². The van der Waals surface area contributed by atoms with Gasteiger partial charge in [-0.3, -0.25) is 14.5 Å². The van der Waals surface area contributed by atoms with Crippen LogP contribution in [0, 0.1) is 12.8 Å². The standard InChI is InChI=1S/C17H22N6O/c1-11-3-2-4-13(7-11)22-17(19)20-9-12-5-6-23-15(8-12)14(10-21-23)16(18)24/h2-4,7,10,12H,5-6,8-9H2,1H3,(H2,18,24)(H3,19,20,22). The molecule has 2 aromatic rings.